The average Bonchev–Trinajstić information content (AvgIpc) is 2.37. The highest BCUT2D eigenvalue weighted by Gasteiger charge is 2.30. The molecule has 1 aliphatic carbocycles. The van der Waals surface area contributed by atoms with Crippen LogP contribution < -0.4 is 5.73 Å². The third kappa shape index (κ3) is 3.78. The van der Waals surface area contributed by atoms with Crippen molar-refractivity contribution in [1.82, 2.24) is 4.90 Å². The van der Waals surface area contributed by atoms with E-state index in [2.05, 4.69) is 0 Å². The van der Waals surface area contributed by atoms with Crippen LogP contribution in [0.3, 0.4) is 0 Å². The summed E-state index contributed by atoms with van der Waals surface area (Å²) in [6.07, 6.45) is 1.99. The minimum atomic E-state index is -0.489. The van der Waals surface area contributed by atoms with Gasteiger partial charge in [-0.2, -0.15) is 0 Å². The van der Waals surface area contributed by atoms with Gasteiger partial charge in [0.15, 0.2) is 0 Å². The van der Waals surface area contributed by atoms with Gasteiger partial charge in [0.05, 0.1) is 12.1 Å². The molecule has 1 saturated carbocycles. The predicted molar refractivity (Wildman–Crippen MR) is 74.5 cm³/mol. The number of rotatable bonds is 5. The molecule has 0 aromatic heterocycles. The van der Waals surface area contributed by atoms with E-state index in [1.54, 1.807) is 11.9 Å². The normalized spacial score (nSPS) is 23.5. The first-order chi connectivity index (χ1) is 9.06. The van der Waals surface area contributed by atoms with Crippen LogP contribution in [0.5, 0.6) is 0 Å². The lowest BCUT2D eigenvalue weighted by atomic mass is 9.82. The van der Waals surface area contributed by atoms with Crippen LogP contribution in [-0.2, 0) is 11.2 Å². The number of hydrogen-bond donors (Lipinski definition) is 2. The Balaban J connectivity index is 1.81. The van der Waals surface area contributed by atoms with Crippen LogP contribution in [0.2, 0.25) is 0 Å². The van der Waals surface area contributed by atoms with Gasteiger partial charge in [0, 0.05) is 13.6 Å². The molecule has 1 aromatic carbocycles. The molecule has 4 heteroatoms. The van der Waals surface area contributed by atoms with Crippen molar-refractivity contribution in [2.75, 3.05) is 13.6 Å². The van der Waals surface area contributed by atoms with Gasteiger partial charge in [0.2, 0.25) is 5.91 Å². The Morgan fingerprint density at radius 1 is 1.42 bits per heavy atom. The third-order valence-corrected chi connectivity index (χ3v) is 3.73. The average molecular weight is 262 g/mol. The van der Waals surface area contributed by atoms with Gasteiger partial charge in [-0.15, -0.1) is 0 Å². The van der Waals surface area contributed by atoms with Gasteiger partial charge < -0.3 is 15.7 Å². The second-order valence-corrected chi connectivity index (χ2v) is 5.51. The Morgan fingerprint density at radius 3 is 2.63 bits per heavy atom. The van der Waals surface area contributed by atoms with Crippen molar-refractivity contribution in [2.45, 2.75) is 31.4 Å². The number of likely N-dealkylation sites (N-methyl/N-ethyl adjacent to an activating group) is 1. The lowest BCUT2D eigenvalue weighted by Gasteiger charge is -2.35. The summed E-state index contributed by atoms with van der Waals surface area (Å²) >= 11 is 0. The van der Waals surface area contributed by atoms with Crippen molar-refractivity contribution in [3.63, 3.8) is 0 Å². The first-order valence-electron chi connectivity index (χ1n) is 6.79. The lowest BCUT2D eigenvalue weighted by Crippen LogP contribution is -2.46. The Labute approximate surface area is 114 Å². The maximum atomic E-state index is 12.1. The molecule has 0 radical (unpaired) electrons. The SMILES string of the molecule is CN(CC1CC(O)C1)C(=O)[C@@H](N)Cc1ccccc1. The highest BCUT2D eigenvalue weighted by molar-refractivity contribution is 5.81. The van der Waals surface area contributed by atoms with Gasteiger partial charge in [-0.1, -0.05) is 30.3 Å². The molecular weight excluding hydrogens is 240 g/mol. The molecule has 1 amide bonds. The number of nitrogens with zero attached hydrogens (tertiary/aromatic N) is 1. The van der Waals surface area contributed by atoms with Crippen molar-refractivity contribution < 1.29 is 9.90 Å². The number of hydrogen-bond acceptors (Lipinski definition) is 3. The number of aliphatic hydroxyl groups excluding tert-OH is 1. The Kier molecular flexibility index (Phi) is 4.56. The first-order valence-corrected chi connectivity index (χ1v) is 6.79. The summed E-state index contributed by atoms with van der Waals surface area (Å²) in [5.41, 5.74) is 7.05. The van der Waals surface area contributed by atoms with E-state index >= 15 is 0 Å². The van der Waals surface area contributed by atoms with Gasteiger partial charge in [-0.05, 0) is 30.7 Å². The molecule has 3 N–H and O–H groups in total. The molecule has 0 heterocycles. The van der Waals surface area contributed by atoms with E-state index in [0.717, 1.165) is 18.4 Å². The van der Waals surface area contributed by atoms with Crippen LogP contribution in [0.15, 0.2) is 30.3 Å². The fourth-order valence-corrected chi connectivity index (χ4v) is 2.57. The Bertz CT molecular complexity index is 415. The molecule has 19 heavy (non-hydrogen) atoms. The number of carbonyl (C=O) groups is 1. The van der Waals surface area contributed by atoms with E-state index in [9.17, 15) is 9.90 Å². The van der Waals surface area contributed by atoms with Crippen LogP contribution in [0, 0.1) is 5.92 Å². The van der Waals surface area contributed by atoms with Crippen molar-refractivity contribution in [3.8, 4) is 0 Å². The summed E-state index contributed by atoms with van der Waals surface area (Å²) in [7, 11) is 1.79. The summed E-state index contributed by atoms with van der Waals surface area (Å²) in [5.74, 6) is 0.401. The first kappa shape index (κ1) is 14.0. The molecule has 1 atom stereocenters. The van der Waals surface area contributed by atoms with Crippen LogP contribution in [0.25, 0.3) is 0 Å². The number of aliphatic hydroxyl groups is 1. The minimum Gasteiger partial charge on any atom is -0.393 e. The summed E-state index contributed by atoms with van der Waals surface area (Å²) in [6, 6.07) is 9.32. The second-order valence-electron chi connectivity index (χ2n) is 5.51. The maximum Gasteiger partial charge on any atom is 0.239 e. The van der Waals surface area contributed by atoms with Crippen LogP contribution in [0.4, 0.5) is 0 Å². The zero-order chi connectivity index (χ0) is 13.8. The predicted octanol–water partition coefficient (Wildman–Crippen LogP) is 0.786. The zero-order valence-corrected chi connectivity index (χ0v) is 11.3. The molecule has 0 spiro atoms. The molecule has 1 fully saturated rings. The fraction of sp³-hybridized carbons (Fsp3) is 0.533. The van der Waals surface area contributed by atoms with Crippen molar-refractivity contribution in [2.24, 2.45) is 11.7 Å². The van der Waals surface area contributed by atoms with Gasteiger partial charge in [-0.25, -0.2) is 0 Å². The number of carbonyl (C=O) groups excluding carboxylic acids is 1. The van der Waals surface area contributed by atoms with Crippen molar-refractivity contribution in [3.05, 3.63) is 35.9 Å². The van der Waals surface area contributed by atoms with Crippen LogP contribution >= 0.6 is 0 Å². The van der Waals surface area contributed by atoms with Crippen LogP contribution in [-0.4, -0.2) is 41.7 Å². The van der Waals surface area contributed by atoms with E-state index < -0.39 is 6.04 Å². The molecule has 0 aliphatic heterocycles. The molecular formula is C15H22N2O2. The van der Waals surface area contributed by atoms with E-state index in [-0.39, 0.29) is 12.0 Å². The van der Waals surface area contributed by atoms with Crippen molar-refractivity contribution in [1.29, 1.82) is 0 Å². The molecule has 104 valence electrons. The Hall–Kier alpha value is -1.39. The largest absolute Gasteiger partial charge is 0.393 e. The minimum absolute atomic E-state index is 0.0229. The standard InChI is InChI=1S/C15H22N2O2/c1-17(10-12-7-13(18)8-12)15(19)14(16)9-11-5-3-2-4-6-11/h2-6,12-14,18H,7-10,16H2,1H3/t12?,13?,14-/m0/s1. The highest BCUT2D eigenvalue weighted by Crippen LogP contribution is 2.27. The number of nitrogens with two attached hydrogens (primary N) is 1. The molecule has 1 aromatic rings. The smallest absolute Gasteiger partial charge is 0.239 e. The maximum absolute atomic E-state index is 12.1. The molecule has 0 bridgehead atoms. The van der Waals surface area contributed by atoms with Gasteiger partial charge in [0.1, 0.15) is 0 Å². The Morgan fingerprint density at radius 2 is 2.05 bits per heavy atom. The summed E-state index contributed by atoms with van der Waals surface area (Å²) < 4.78 is 0. The summed E-state index contributed by atoms with van der Waals surface area (Å²) in [4.78, 5) is 13.8. The quantitative estimate of drug-likeness (QED) is 0.824. The van der Waals surface area contributed by atoms with E-state index in [0.29, 0.717) is 18.9 Å². The van der Waals surface area contributed by atoms with Gasteiger partial charge in [-0.3, -0.25) is 4.79 Å². The lowest BCUT2D eigenvalue weighted by molar-refractivity contribution is -0.132. The summed E-state index contributed by atoms with van der Waals surface area (Å²) in [5, 5.41) is 9.25. The zero-order valence-electron chi connectivity index (χ0n) is 11.3. The highest BCUT2D eigenvalue weighted by atomic mass is 16.3. The van der Waals surface area contributed by atoms with Crippen LogP contribution in [0.1, 0.15) is 18.4 Å². The number of benzene rings is 1. The molecule has 0 saturated heterocycles. The molecule has 1 aliphatic rings. The fourth-order valence-electron chi connectivity index (χ4n) is 2.57. The van der Waals surface area contributed by atoms with Crippen molar-refractivity contribution >= 4 is 5.91 Å². The topological polar surface area (TPSA) is 66.6 Å². The molecule has 0 unspecified atom stereocenters. The second kappa shape index (κ2) is 6.17. The van der Waals surface area contributed by atoms with E-state index in [1.165, 1.54) is 0 Å². The monoisotopic (exact) mass is 262 g/mol. The van der Waals surface area contributed by atoms with Gasteiger partial charge >= 0.3 is 0 Å². The van der Waals surface area contributed by atoms with E-state index in [1.807, 2.05) is 30.3 Å². The number of amides is 1. The molecule has 2 rings (SSSR count). The summed E-state index contributed by atoms with van der Waals surface area (Å²) in [6.45, 7) is 0.693. The van der Waals surface area contributed by atoms with Gasteiger partial charge in [0.25, 0.3) is 0 Å². The third-order valence-electron chi connectivity index (χ3n) is 3.73. The van der Waals surface area contributed by atoms with E-state index in [4.69, 9.17) is 5.73 Å². The molecule has 4 nitrogen and oxygen atoms in total.